The second-order valence-electron chi connectivity index (χ2n) is 4.82. The Bertz CT molecular complexity index is 733. The molecule has 3 N–H and O–H groups in total. The van der Waals surface area contributed by atoms with Crippen molar-refractivity contribution in [1.82, 2.24) is 0 Å². The lowest BCUT2D eigenvalue weighted by Crippen LogP contribution is -2.12. The molecule has 1 aromatic carbocycles. The SMILES string of the molecule is Cc1cc(C(=O)Nc2ccc(C#CCN)c(C)c2)c(C)o1. The van der Waals surface area contributed by atoms with Gasteiger partial charge in [-0.05, 0) is 50.6 Å². The Balaban J connectivity index is 2.18. The van der Waals surface area contributed by atoms with Crippen LogP contribution in [0.2, 0.25) is 0 Å². The zero-order valence-corrected chi connectivity index (χ0v) is 12.4. The molecular formula is C17H18N2O2. The fourth-order valence-corrected chi connectivity index (χ4v) is 2.08. The van der Waals surface area contributed by atoms with Gasteiger partial charge in [0.2, 0.25) is 0 Å². The maximum absolute atomic E-state index is 12.2. The minimum atomic E-state index is -0.176. The largest absolute Gasteiger partial charge is 0.466 e. The quantitative estimate of drug-likeness (QED) is 0.832. The van der Waals surface area contributed by atoms with Crippen LogP contribution in [0.3, 0.4) is 0 Å². The summed E-state index contributed by atoms with van der Waals surface area (Å²) in [6, 6.07) is 7.33. The van der Waals surface area contributed by atoms with E-state index in [9.17, 15) is 4.79 Å². The van der Waals surface area contributed by atoms with Crippen molar-refractivity contribution in [3.63, 3.8) is 0 Å². The number of rotatable bonds is 2. The molecule has 4 nitrogen and oxygen atoms in total. The highest BCUT2D eigenvalue weighted by Gasteiger charge is 2.13. The first-order valence-electron chi connectivity index (χ1n) is 6.69. The molecule has 2 rings (SSSR count). The fourth-order valence-electron chi connectivity index (χ4n) is 2.08. The third-order valence-corrected chi connectivity index (χ3v) is 3.09. The van der Waals surface area contributed by atoms with Gasteiger partial charge in [0, 0.05) is 11.3 Å². The fraction of sp³-hybridized carbons (Fsp3) is 0.235. The topological polar surface area (TPSA) is 68.3 Å². The van der Waals surface area contributed by atoms with Crippen molar-refractivity contribution in [3.05, 3.63) is 52.5 Å². The van der Waals surface area contributed by atoms with Crippen LogP contribution >= 0.6 is 0 Å². The van der Waals surface area contributed by atoms with Gasteiger partial charge in [0.15, 0.2) is 0 Å². The molecule has 0 atom stereocenters. The van der Waals surface area contributed by atoms with Gasteiger partial charge in [0.05, 0.1) is 12.1 Å². The summed E-state index contributed by atoms with van der Waals surface area (Å²) in [5.41, 5.74) is 8.55. The third-order valence-electron chi connectivity index (χ3n) is 3.09. The van der Waals surface area contributed by atoms with Crippen LogP contribution in [0.4, 0.5) is 5.69 Å². The van der Waals surface area contributed by atoms with Gasteiger partial charge in [-0.3, -0.25) is 4.79 Å². The number of carbonyl (C=O) groups excluding carboxylic acids is 1. The van der Waals surface area contributed by atoms with Crippen LogP contribution in [0, 0.1) is 32.6 Å². The molecule has 2 aromatic rings. The number of anilines is 1. The van der Waals surface area contributed by atoms with E-state index < -0.39 is 0 Å². The summed E-state index contributed by atoms with van der Waals surface area (Å²) in [7, 11) is 0. The summed E-state index contributed by atoms with van der Waals surface area (Å²) in [5.74, 6) is 6.98. The van der Waals surface area contributed by atoms with Gasteiger partial charge in [-0.25, -0.2) is 0 Å². The lowest BCUT2D eigenvalue weighted by molar-refractivity contribution is 0.102. The lowest BCUT2D eigenvalue weighted by Gasteiger charge is -2.06. The van der Waals surface area contributed by atoms with Gasteiger partial charge >= 0.3 is 0 Å². The molecule has 0 saturated carbocycles. The molecule has 0 spiro atoms. The number of amides is 1. The standard InChI is InChI=1S/C17H18N2O2/c1-11-9-15(7-6-14(11)5-4-8-18)19-17(20)16-10-12(2)21-13(16)3/h6-7,9-10H,8,18H2,1-3H3,(H,19,20). The van der Waals surface area contributed by atoms with Gasteiger partial charge in [0.1, 0.15) is 11.5 Å². The highest BCUT2D eigenvalue weighted by molar-refractivity contribution is 6.05. The molecule has 1 heterocycles. The first-order valence-corrected chi connectivity index (χ1v) is 6.69. The highest BCUT2D eigenvalue weighted by atomic mass is 16.3. The van der Waals surface area contributed by atoms with Crippen molar-refractivity contribution >= 4 is 11.6 Å². The van der Waals surface area contributed by atoms with Crippen LogP contribution in [0.25, 0.3) is 0 Å². The van der Waals surface area contributed by atoms with Gasteiger partial charge in [-0.1, -0.05) is 11.8 Å². The second-order valence-corrected chi connectivity index (χ2v) is 4.82. The minimum absolute atomic E-state index is 0.176. The van der Waals surface area contributed by atoms with Gasteiger partial charge in [0.25, 0.3) is 5.91 Å². The van der Waals surface area contributed by atoms with Crippen LogP contribution < -0.4 is 11.1 Å². The van der Waals surface area contributed by atoms with Gasteiger partial charge < -0.3 is 15.5 Å². The van der Waals surface area contributed by atoms with Crippen LogP contribution in [0.15, 0.2) is 28.7 Å². The van der Waals surface area contributed by atoms with Crippen LogP contribution in [-0.4, -0.2) is 12.5 Å². The molecule has 108 valence electrons. The van der Waals surface area contributed by atoms with E-state index in [-0.39, 0.29) is 5.91 Å². The molecule has 0 aliphatic carbocycles. The van der Waals surface area contributed by atoms with Crippen molar-refractivity contribution < 1.29 is 9.21 Å². The van der Waals surface area contributed by atoms with Gasteiger partial charge in [-0.2, -0.15) is 0 Å². The van der Waals surface area contributed by atoms with E-state index in [1.54, 1.807) is 13.0 Å². The molecule has 0 unspecified atom stereocenters. The van der Waals surface area contributed by atoms with E-state index in [4.69, 9.17) is 10.2 Å². The van der Waals surface area contributed by atoms with E-state index in [0.717, 1.165) is 22.6 Å². The monoisotopic (exact) mass is 282 g/mol. The van der Waals surface area contributed by atoms with E-state index in [1.165, 1.54) is 0 Å². The Morgan fingerprint density at radius 2 is 2.05 bits per heavy atom. The number of hydrogen-bond acceptors (Lipinski definition) is 3. The molecule has 1 amide bonds. The predicted molar refractivity (Wildman–Crippen MR) is 83.2 cm³/mol. The molecule has 21 heavy (non-hydrogen) atoms. The summed E-state index contributed by atoms with van der Waals surface area (Å²) >= 11 is 0. The Morgan fingerprint density at radius 3 is 2.62 bits per heavy atom. The van der Waals surface area contributed by atoms with Crippen LogP contribution in [-0.2, 0) is 0 Å². The first kappa shape index (κ1) is 14.9. The number of nitrogens with one attached hydrogen (secondary N) is 1. The molecular weight excluding hydrogens is 264 g/mol. The van der Waals surface area contributed by atoms with Gasteiger partial charge in [-0.15, -0.1) is 0 Å². The highest BCUT2D eigenvalue weighted by Crippen LogP contribution is 2.18. The Hall–Kier alpha value is -2.51. The van der Waals surface area contributed by atoms with Crippen molar-refractivity contribution in [2.24, 2.45) is 5.73 Å². The summed E-state index contributed by atoms with van der Waals surface area (Å²) < 4.78 is 5.37. The molecule has 0 aliphatic heterocycles. The Labute approximate surface area is 124 Å². The van der Waals surface area contributed by atoms with E-state index in [1.807, 2.05) is 32.0 Å². The van der Waals surface area contributed by atoms with Crippen molar-refractivity contribution in [3.8, 4) is 11.8 Å². The summed E-state index contributed by atoms with van der Waals surface area (Å²) in [6.07, 6.45) is 0. The van der Waals surface area contributed by atoms with Crippen molar-refractivity contribution in [2.75, 3.05) is 11.9 Å². The number of benzene rings is 1. The molecule has 4 heteroatoms. The van der Waals surface area contributed by atoms with Crippen molar-refractivity contribution in [2.45, 2.75) is 20.8 Å². The third kappa shape index (κ3) is 3.53. The predicted octanol–water partition coefficient (Wildman–Crippen LogP) is 2.77. The normalized spacial score (nSPS) is 9.90. The molecule has 0 radical (unpaired) electrons. The molecule has 0 saturated heterocycles. The molecule has 0 bridgehead atoms. The number of aryl methyl sites for hydroxylation is 3. The zero-order valence-electron chi connectivity index (χ0n) is 12.4. The minimum Gasteiger partial charge on any atom is -0.466 e. The Kier molecular flexibility index (Phi) is 4.46. The Morgan fingerprint density at radius 1 is 1.29 bits per heavy atom. The maximum atomic E-state index is 12.2. The number of hydrogen-bond donors (Lipinski definition) is 2. The number of nitrogens with two attached hydrogens (primary N) is 1. The lowest BCUT2D eigenvalue weighted by atomic mass is 10.1. The van der Waals surface area contributed by atoms with Crippen molar-refractivity contribution in [1.29, 1.82) is 0 Å². The summed E-state index contributed by atoms with van der Waals surface area (Å²) in [5, 5.41) is 2.86. The molecule has 0 aliphatic rings. The number of furan rings is 1. The van der Waals surface area contributed by atoms with E-state index in [2.05, 4.69) is 17.2 Å². The summed E-state index contributed by atoms with van der Waals surface area (Å²) in [6.45, 7) is 5.87. The second kappa shape index (κ2) is 6.29. The molecule has 1 aromatic heterocycles. The maximum Gasteiger partial charge on any atom is 0.259 e. The summed E-state index contributed by atoms with van der Waals surface area (Å²) in [4.78, 5) is 12.2. The van der Waals surface area contributed by atoms with Crippen LogP contribution in [0.5, 0.6) is 0 Å². The first-order chi connectivity index (χ1) is 10.0. The molecule has 0 fully saturated rings. The average Bonchev–Trinajstić information content (AvgIpc) is 2.77. The van der Waals surface area contributed by atoms with E-state index in [0.29, 0.717) is 17.9 Å². The average molecular weight is 282 g/mol. The smallest absolute Gasteiger partial charge is 0.259 e. The number of carbonyl (C=O) groups is 1. The van der Waals surface area contributed by atoms with Crippen LogP contribution in [0.1, 0.15) is 33.0 Å². The zero-order chi connectivity index (χ0) is 15.4. The van der Waals surface area contributed by atoms with E-state index >= 15 is 0 Å².